The molecule has 0 saturated heterocycles. The van der Waals surface area contributed by atoms with Gasteiger partial charge in [-0.15, -0.1) is 11.3 Å². The van der Waals surface area contributed by atoms with Crippen LogP contribution in [0.4, 0.5) is 0 Å². The molecule has 1 rings (SSSR count). The summed E-state index contributed by atoms with van der Waals surface area (Å²) in [5.74, 6) is 0.406. The number of hydrogen-bond donors (Lipinski definition) is 0. The van der Waals surface area contributed by atoms with Crippen LogP contribution < -0.4 is 4.74 Å². The lowest BCUT2D eigenvalue weighted by Gasteiger charge is -2.05. The van der Waals surface area contributed by atoms with Crippen LogP contribution in [0.3, 0.4) is 0 Å². The molecule has 0 fully saturated rings. The van der Waals surface area contributed by atoms with Gasteiger partial charge in [-0.05, 0) is 13.8 Å². The van der Waals surface area contributed by atoms with E-state index in [4.69, 9.17) is 4.74 Å². The van der Waals surface area contributed by atoms with E-state index in [1.165, 1.54) is 18.4 Å². The average molecular weight is 200 g/mol. The van der Waals surface area contributed by atoms with Crippen molar-refractivity contribution in [3.05, 3.63) is 16.3 Å². The molecule has 0 atom stereocenters. The summed E-state index contributed by atoms with van der Waals surface area (Å²) < 4.78 is 9.96. The van der Waals surface area contributed by atoms with Crippen molar-refractivity contribution < 1.29 is 14.3 Å². The van der Waals surface area contributed by atoms with Crippen LogP contribution in [0.15, 0.2) is 11.4 Å². The van der Waals surface area contributed by atoms with Crippen molar-refractivity contribution in [2.75, 3.05) is 7.11 Å². The average Bonchev–Trinajstić information content (AvgIpc) is 2.50. The zero-order valence-electron chi connectivity index (χ0n) is 7.87. The van der Waals surface area contributed by atoms with Crippen LogP contribution in [-0.2, 0) is 4.74 Å². The number of carbonyl (C=O) groups excluding carboxylic acids is 1. The van der Waals surface area contributed by atoms with Gasteiger partial charge in [0.2, 0.25) is 0 Å². The molecule has 4 heteroatoms. The highest BCUT2D eigenvalue weighted by atomic mass is 32.1. The van der Waals surface area contributed by atoms with E-state index in [1.54, 1.807) is 11.4 Å². The SMILES string of the molecule is COC(=O)c1cc(OC(C)C)cs1. The van der Waals surface area contributed by atoms with Crippen molar-refractivity contribution in [2.24, 2.45) is 0 Å². The first-order valence-electron chi connectivity index (χ1n) is 3.97. The van der Waals surface area contributed by atoms with Crippen LogP contribution in [0.1, 0.15) is 23.5 Å². The van der Waals surface area contributed by atoms with Crippen LogP contribution >= 0.6 is 11.3 Å². The molecule has 1 aromatic rings. The monoisotopic (exact) mass is 200 g/mol. The molecule has 1 aromatic heterocycles. The van der Waals surface area contributed by atoms with Gasteiger partial charge in [0.1, 0.15) is 10.6 Å². The quantitative estimate of drug-likeness (QED) is 0.702. The summed E-state index contributed by atoms with van der Waals surface area (Å²) in [6.45, 7) is 3.88. The lowest BCUT2D eigenvalue weighted by molar-refractivity contribution is 0.0606. The highest BCUT2D eigenvalue weighted by molar-refractivity contribution is 7.12. The summed E-state index contributed by atoms with van der Waals surface area (Å²) in [6.07, 6.45) is 0.125. The summed E-state index contributed by atoms with van der Waals surface area (Å²) in [5, 5.41) is 1.80. The Balaban J connectivity index is 2.69. The molecule has 72 valence electrons. The number of esters is 1. The van der Waals surface area contributed by atoms with Crippen molar-refractivity contribution in [1.82, 2.24) is 0 Å². The van der Waals surface area contributed by atoms with E-state index >= 15 is 0 Å². The Morgan fingerprint density at radius 2 is 2.23 bits per heavy atom. The second kappa shape index (κ2) is 4.28. The zero-order valence-corrected chi connectivity index (χ0v) is 8.68. The predicted octanol–water partition coefficient (Wildman–Crippen LogP) is 2.32. The first kappa shape index (κ1) is 10.1. The van der Waals surface area contributed by atoms with E-state index in [2.05, 4.69) is 4.74 Å². The lowest BCUT2D eigenvalue weighted by atomic mass is 10.4. The van der Waals surface area contributed by atoms with Gasteiger partial charge in [0, 0.05) is 11.4 Å². The van der Waals surface area contributed by atoms with E-state index in [0.717, 1.165) is 5.75 Å². The Hall–Kier alpha value is -1.03. The molecule has 0 unspecified atom stereocenters. The van der Waals surface area contributed by atoms with Crippen molar-refractivity contribution >= 4 is 17.3 Å². The largest absolute Gasteiger partial charge is 0.490 e. The summed E-state index contributed by atoms with van der Waals surface area (Å²) in [4.78, 5) is 11.6. The van der Waals surface area contributed by atoms with E-state index in [-0.39, 0.29) is 12.1 Å². The summed E-state index contributed by atoms with van der Waals surface area (Å²) in [7, 11) is 1.37. The second-order valence-electron chi connectivity index (χ2n) is 2.80. The number of carbonyl (C=O) groups is 1. The fraction of sp³-hybridized carbons (Fsp3) is 0.444. The number of hydrogen-bond acceptors (Lipinski definition) is 4. The molecule has 0 bridgehead atoms. The number of ether oxygens (including phenoxy) is 2. The molecule has 0 saturated carbocycles. The minimum atomic E-state index is -0.316. The summed E-state index contributed by atoms with van der Waals surface area (Å²) in [6, 6.07) is 1.69. The maximum absolute atomic E-state index is 11.0. The van der Waals surface area contributed by atoms with Crippen molar-refractivity contribution in [3.63, 3.8) is 0 Å². The Morgan fingerprint density at radius 1 is 1.54 bits per heavy atom. The van der Waals surface area contributed by atoms with E-state index < -0.39 is 0 Å². The maximum atomic E-state index is 11.0. The summed E-state index contributed by atoms with van der Waals surface area (Å²) in [5.41, 5.74) is 0. The Morgan fingerprint density at radius 3 is 2.77 bits per heavy atom. The van der Waals surface area contributed by atoms with Gasteiger partial charge in [0.05, 0.1) is 13.2 Å². The zero-order chi connectivity index (χ0) is 9.84. The predicted molar refractivity (Wildman–Crippen MR) is 51.4 cm³/mol. The fourth-order valence-corrected chi connectivity index (χ4v) is 1.59. The highest BCUT2D eigenvalue weighted by Gasteiger charge is 2.09. The standard InChI is InChI=1S/C9H12O3S/c1-6(2)12-7-4-8(13-5-7)9(10)11-3/h4-6H,1-3H3. The minimum Gasteiger partial charge on any atom is -0.490 e. The molecule has 1 heterocycles. The van der Waals surface area contributed by atoms with Crippen LogP contribution in [0.25, 0.3) is 0 Å². The third-order valence-corrected chi connectivity index (χ3v) is 2.22. The molecule has 0 aromatic carbocycles. The van der Waals surface area contributed by atoms with Gasteiger partial charge in [0.15, 0.2) is 0 Å². The van der Waals surface area contributed by atoms with Gasteiger partial charge in [-0.2, -0.15) is 0 Å². The smallest absolute Gasteiger partial charge is 0.348 e. The van der Waals surface area contributed by atoms with Crippen molar-refractivity contribution in [2.45, 2.75) is 20.0 Å². The molecule has 13 heavy (non-hydrogen) atoms. The van der Waals surface area contributed by atoms with Gasteiger partial charge in [-0.1, -0.05) is 0 Å². The van der Waals surface area contributed by atoms with Crippen LogP contribution in [0.5, 0.6) is 5.75 Å². The molecule has 0 spiro atoms. The maximum Gasteiger partial charge on any atom is 0.348 e. The third-order valence-electron chi connectivity index (χ3n) is 1.33. The molecule has 0 radical (unpaired) electrons. The summed E-state index contributed by atoms with van der Waals surface area (Å²) >= 11 is 1.32. The Bertz CT molecular complexity index is 291. The highest BCUT2D eigenvalue weighted by Crippen LogP contribution is 2.22. The molecule has 0 N–H and O–H groups in total. The van der Waals surface area contributed by atoms with Gasteiger partial charge in [0.25, 0.3) is 0 Å². The fourth-order valence-electron chi connectivity index (χ4n) is 0.860. The van der Waals surface area contributed by atoms with E-state index in [0.29, 0.717) is 4.88 Å². The topological polar surface area (TPSA) is 35.5 Å². The minimum absolute atomic E-state index is 0.125. The molecule has 0 aliphatic heterocycles. The van der Waals surface area contributed by atoms with Gasteiger partial charge in [-0.25, -0.2) is 4.79 Å². The van der Waals surface area contributed by atoms with Crippen LogP contribution in [0.2, 0.25) is 0 Å². The van der Waals surface area contributed by atoms with Crippen molar-refractivity contribution in [3.8, 4) is 5.75 Å². The van der Waals surface area contributed by atoms with Crippen LogP contribution in [-0.4, -0.2) is 19.2 Å². The Labute approximate surface area is 81.3 Å². The van der Waals surface area contributed by atoms with Gasteiger partial charge < -0.3 is 9.47 Å². The molecule has 0 aliphatic carbocycles. The second-order valence-corrected chi connectivity index (χ2v) is 3.72. The molecule has 3 nitrogen and oxygen atoms in total. The van der Waals surface area contributed by atoms with E-state index in [1.807, 2.05) is 13.8 Å². The molecular formula is C9H12O3S. The molecular weight excluding hydrogens is 188 g/mol. The van der Waals surface area contributed by atoms with Crippen LogP contribution in [0, 0.1) is 0 Å². The van der Waals surface area contributed by atoms with Gasteiger partial charge >= 0.3 is 5.97 Å². The van der Waals surface area contributed by atoms with E-state index in [9.17, 15) is 4.79 Å². The Kier molecular flexibility index (Phi) is 3.31. The third kappa shape index (κ3) is 2.73. The first-order valence-corrected chi connectivity index (χ1v) is 4.85. The number of thiophene rings is 1. The first-order chi connectivity index (χ1) is 6.13. The number of rotatable bonds is 3. The van der Waals surface area contributed by atoms with Gasteiger partial charge in [-0.3, -0.25) is 0 Å². The normalized spacial score (nSPS) is 10.2. The molecule has 0 amide bonds. The number of methoxy groups -OCH3 is 1. The lowest BCUT2D eigenvalue weighted by Crippen LogP contribution is -2.04. The molecule has 0 aliphatic rings. The van der Waals surface area contributed by atoms with Crippen molar-refractivity contribution in [1.29, 1.82) is 0 Å².